The van der Waals surface area contributed by atoms with Crippen molar-refractivity contribution in [1.82, 2.24) is 0 Å². The molecule has 0 aromatic heterocycles. The van der Waals surface area contributed by atoms with Gasteiger partial charge in [-0.1, -0.05) is 351 Å². The minimum absolute atomic E-state index is 0.106. The minimum atomic E-state index is -4.96. The van der Waals surface area contributed by atoms with Gasteiger partial charge in [-0.15, -0.1) is 0 Å². The summed E-state index contributed by atoms with van der Waals surface area (Å²) in [4.78, 5) is 72.9. The molecule has 0 aliphatic heterocycles. The quantitative estimate of drug-likeness (QED) is 0.0222. The molecule has 19 heteroatoms. The van der Waals surface area contributed by atoms with Crippen molar-refractivity contribution >= 4 is 39.5 Å². The Kier molecular flexibility index (Phi) is 66.8. The summed E-state index contributed by atoms with van der Waals surface area (Å²) >= 11 is 0. The third-order valence-corrected chi connectivity index (χ3v) is 20.6. The number of esters is 4. The lowest BCUT2D eigenvalue weighted by atomic mass is 9.99. The van der Waals surface area contributed by atoms with E-state index >= 15 is 0 Å². The number of hydrogen-bond donors (Lipinski definition) is 3. The Morgan fingerprint density at radius 3 is 0.724 bits per heavy atom. The molecule has 3 N–H and O–H groups in total. The molecule has 6 atom stereocenters. The highest BCUT2D eigenvalue weighted by atomic mass is 31.2. The number of hydrogen-bond acceptors (Lipinski definition) is 15. The zero-order chi connectivity index (χ0) is 72.4. The van der Waals surface area contributed by atoms with E-state index in [0.29, 0.717) is 31.6 Å². The molecular weight excluding hydrogens is 1280 g/mol. The second-order valence-corrected chi connectivity index (χ2v) is 33.0. The monoisotopic (exact) mass is 1440 g/mol. The Balaban J connectivity index is 5.24. The largest absolute Gasteiger partial charge is 0.472 e. The number of ether oxygens (including phenoxy) is 4. The number of phosphoric ester groups is 2. The van der Waals surface area contributed by atoms with Gasteiger partial charge in [-0.05, 0) is 49.4 Å². The van der Waals surface area contributed by atoms with Gasteiger partial charge < -0.3 is 33.8 Å². The van der Waals surface area contributed by atoms with Crippen LogP contribution < -0.4 is 0 Å². The zero-order valence-electron chi connectivity index (χ0n) is 64.4. The summed E-state index contributed by atoms with van der Waals surface area (Å²) < 4.78 is 68.6. The van der Waals surface area contributed by atoms with Gasteiger partial charge in [0.25, 0.3) is 0 Å². The summed E-state index contributed by atoms with van der Waals surface area (Å²) in [5, 5.41) is 10.6. The number of aliphatic hydroxyl groups is 1. The predicted molar refractivity (Wildman–Crippen MR) is 400 cm³/mol. The average molecular weight is 1440 g/mol. The standard InChI is InChI=1S/C79H154O17P2/c1-9-72(8)58-50-42-34-26-19-15-11-13-17-21-29-37-46-54-61-78(83)95-74(65-89-76(81)59-51-43-35-27-23-22-25-32-40-48-56-70(4)5)67-93-97(85,86)91-63-73(80)64-92-98(87,88)94-68-75(66-90-77(82)60-52-44-38-30-33-41-49-57-71(6)7)96-79(84)62-53-45-36-28-20-16-12-10-14-18-24-31-39-47-55-69(2)3/h69-75,80H,9-68H2,1-8H3,(H,85,86)(H,87,88)/t72?,73?,74-,75-/m1/s1. The molecule has 0 saturated carbocycles. The Bertz CT molecular complexity index is 1920. The third-order valence-electron chi connectivity index (χ3n) is 18.7. The molecule has 0 aromatic carbocycles. The first-order valence-corrected chi connectivity index (χ1v) is 43.7. The molecule has 0 amide bonds. The van der Waals surface area contributed by atoms with E-state index in [1.165, 1.54) is 199 Å². The Morgan fingerprint density at radius 1 is 0.286 bits per heavy atom. The molecule has 0 rings (SSSR count). The highest BCUT2D eigenvalue weighted by Gasteiger charge is 2.30. The molecule has 0 heterocycles. The van der Waals surface area contributed by atoms with Crippen LogP contribution in [0.25, 0.3) is 0 Å². The fourth-order valence-corrected chi connectivity index (χ4v) is 13.6. The van der Waals surface area contributed by atoms with Crippen LogP contribution in [0.2, 0.25) is 0 Å². The lowest BCUT2D eigenvalue weighted by molar-refractivity contribution is -0.161. The Labute approximate surface area is 600 Å². The van der Waals surface area contributed by atoms with E-state index in [1.807, 2.05) is 0 Å². The smallest absolute Gasteiger partial charge is 0.462 e. The van der Waals surface area contributed by atoms with Crippen LogP contribution in [-0.4, -0.2) is 96.7 Å². The van der Waals surface area contributed by atoms with Crippen molar-refractivity contribution in [3.63, 3.8) is 0 Å². The normalized spacial score (nSPS) is 14.3. The van der Waals surface area contributed by atoms with E-state index in [2.05, 4.69) is 55.4 Å². The topological polar surface area (TPSA) is 237 Å². The van der Waals surface area contributed by atoms with Gasteiger partial charge >= 0.3 is 39.5 Å². The van der Waals surface area contributed by atoms with E-state index in [9.17, 15) is 43.2 Å². The van der Waals surface area contributed by atoms with Crippen molar-refractivity contribution in [1.29, 1.82) is 0 Å². The fraction of sp³-hybridized carbons (Fsp3) is 0.949. The van der Waals surface area contributed by atoms with Gasteiger partial charge in [-0.25, -0.2) is 9.13 Å². The summed E-state index contributed by atoms with van der Waals surface area (Å²) in [6, 6.07) is 0. The highest BCUT2D eigenvalue weighted by Crippen LogP contribution is 2.45. The number of unbranched alkanes of at least 4 members (excludes halogenated alkanes) is 41. The molecule has 0 radical (unpaired) electrons. The molecule has 0 aliphatic carbocycles. The van der Waals surface area contributed by atoms with Crippen LogP contribution >= 0.6 is 15.6 Å². The van der Waals surface area contributed by atoms with Crippen LogP contribution in [0.3, 0.4) is 0 Å². The van der Waals surface area contributed by atoms with E-state index in [0.717, 1.165) is 114 Å². The van der Waals surface area contributed by atoms with Crippen molar-refractivity contribution in [2.75, 3.05) is 39.6 Å². The molecule has 17 nitrogen and oxygen atoms in total. The van der Waals surface area contributed by atoms with Gasteiger partial charge in [-0.2, -0.15) is 0 Å². The van der Waals surface area contributed by atoms with Crippen molar-refractivity contribution in [3.8, 4) is 0 Å². The number of carbonyl (C=O) groups excluding carboxylic acids is 4. The molecule has 4 unspecified atom stereocenters. The van der Waals surface area contributed by atoms with Crippen LogP contribution in [-0.2, 0) is 65.4 Å². The molecule has 0 fully saturated rings. The Hall–Kier alpha value is -1.94. The summed E-state index contributed by atoms with van der Waals surface area (Å²) in [5.74, 6) is 0.987. The van der Waals surface area contributed by atoms with Crippen LogP contribution in [0.1, 0.15) is 402 Å². The second-order valence-electron chi connectivity index (χ2n) is 30.1. The van der Waals surface area contributed by atoms with E-state index in [-0.39, 0.29) is 25.7 Å². The summed E-state index contributed by atoms with van der Waals surface area (Å²) in [6.07, 6.45) is 54.1. The van der Waals surface area contributed by atoms with Crippen LogP contribution in [0.15, 0.2) is 0 Å². The third kappa shape index (κ3) is 71.1. The number of aliphatic hydroxyl groups excluding tert-OH is 1. The number of rotatable bonds is 76. The first-order valence-electron chi connectivity index (χ1n) is 40.7. The van der Waals surface area contributed by atoms with Gasteiger partial charge in [0, 0.05) is 25.7 Å². The maximum Gasteiger partial charge on any atom is 0.472 e. The maximum absolute atomic E-state index is 13.1. The number of phosphoric acid groups is 2. The molecule has 0 bridgehead atoms. The molecular formula is C79H154O17P2. The van der Waals surface area contributed by atoms with Crippen molar-refractivity contribution in [3.05, 3.63) is 0 Å². The van der Waals surface area contributed by atoms with Gasteiger partial charge in [0.1, 0.15) is 19.3 Å². The first-order chi connectivity index (χ1) is 47.1. The lowest BCUT2D eigenvalue weighted by Crippen LogP contribution is -2.30. The summed E-state index contributed by atoms with van der Waals surface area (Å²) in [6.45, 7) is 14.2. The van der Waals surface area contributed by atoms with Crippen molar-refractivity contribution in [2.45, 2.75) is 420 Å². The lowest BCUT2D eigenvalue weighted by Gasteiger charge is -2.21. The summed E-state index contributed by atoms with van der Waals surface area (Å²) in [7, 11) is -9.92. The molecule has 0 spiro atoms. The first kappa shape index (κ1) is 96.1. The predicted octanol–water partition coefficient (Wildman–Crippen LogP) is 23.2. The zero-order valence-corrected chi connectivity index (χ0v) is 66.2. The van der Waals surface area contributed by atoms with Crippen molar-refractivity contribution in [2.24, 2.45) is 23.7 Å². The van der Waals surface area contributed by atoms with Gasteiger partial charge in [0.15, 0.2) is 12.2 Å². The van der Waals surface area contributed by atoms with Crippen molar-refractivity contribution < 1.29 is 80.2 Å². The van der Waals surface area contributed by atoms with Gasteiger partial charge in [-0.3, -0.25) is 37.3 Å². The van der Waals surface area contributed by atoms with E-state index < -0.39 is 97.5 Å². The Morgan fingerprint density at radius 2 is 0.490 bits per heavy atom. The highest BCUT2D eigenvalue weighted by molar-refractivity contribution is 7.47. The van der Waals surface area contributed by atoms with E-state index in [4.69, 9.17) is 37.0 Å². The molecule has 98 heavy (non-hydrogen) atoms. The van der Waals surface area contributed by atoms with E-state index in [1.54, 1.807) is 0 Å². The molecule has 582 valence electrons. The minimum Gasteiger partial charge on any atom is -0.462 e. The second kappa shape index (κ2) is 68.2. The maximum atomic E-state index is 13.1. The van der Waals surface area contributed by atoms with Crippen LogP contribution in [0.4, 0.5) is 0 Å². The fourth-order valence-electron chi connectivity index (χ4n) is 12.0. The van der Waals surface area contributed by atoms with Crippen LogP contribution in [0, 0.1) is 23.7 Å². The molecule has 0 aromatic rings. The number of carbonyl (C=O) groups is 4. The molecule has 0 saturated heterocycles. The van der Waals surface area contributed by atoms with Gasteiger partial charge in [0.05, 0.1) is 26.4 Å². The average Bonchev–Trinajstić information content (AvgIpc) is 1.06. The van der Waals surface area contributed by atoms with Gasteiger partial charge in [0.2, 0.25) is 0 Å². The molecule has 0 aliphatic rings. The van der Waals surface area contributed by atoms with Crippen LogP contribution in [0.5, 0.6) is 0 Å². The SMILES string of the molecule is CCC(C)CCCCCCCCCCCCCCCCC(=O)O[C@H](COC(=O)CCCCCCCCCCCCC(C)C)COP(=O)(O)OCC(O)COP(=O)(O)OC[C@@H](COC(=O)CCCCCCCCCC(C)C)OC(=O)CCCCCCCCCCCCCCCCC(C)C. The summed E-state index contributed by atoms with van der Waals surface area (Å²) in [5.41, 5.74) is 0.